The minimum atomic E-state index is 0.445. The van der Waals surface area contributed by atoms with E-state index in [0.29, 0.717) is 11.7 Å². The van der Waals surface area contributed by atoms with Crippen LogP contribution in [0.5, 0.6) is 11.6 Å². The first-order valence-electron chi connectivity index (χ1n) is 5.56. The van der Waals surface area contributed by atoms with Gasteiger partial charge in [-0.2, -0.15) is 4.98 Å². The van der Waals surface area contributed by atoms with Crippen molar-refractivity contribution in [1.82, 2.24) is 9.97 Å². The number of hydrogen-bond acceptors (Lipinski definition) is 4. The van der Waals surface area contributed by atoms with Crippen LogP contribution in [0.1, 0.15) is 18.3 Å². The molecule has 0 aromatic carbocycles. The van der Waals surface area contributed by atoms with Crippen molar-refractivity contribution in [2.75, 3.05) is 5.73 Å². The molecule has 2 heterocycles. The van der Waals surface area contributed by atoms with Crippen molar-refractivity contribution in [1.29, 1.82) is 0 Å². The maximum atomic E-state index is 5.68. The number of pyridine rings is 2. The average molecular weight is 229 g/mol. The SMILES string of the molecule is CCc1nc(C)ccc1Oc1cccc(N)n1. The minimum Gasteiger partial charge on any atom is -0.437 e. The second-order valence-corrected chi connectivity index (χ2v) is 3.75. The number of anilines is 1. The van der Waals surface area contributed by atoms with Gasteiger partial charge in [0.1, 0.15) is 5.82 Å². The van der Waals surface area contributed by atoms with Gasteiger partial charge in [-0.05, 0) is 31.5 Å². The topological polar surface area (TPSA) is 61.0 Å². The summed E-state index contributed by atoms with van der Waals surface area (Å²) in [6.45, 7) is 4.00. The molecule has 0 aliphatic heterocycles. The van der Waals surface area contributed by atoms with Crippen LogP contribution in [0.15, 0.2) is 30.3 Å². The van der Waals surface area contributed by atoms with Crippen LogP contribution in [0.4, 0.5) is 5.82 Å². The van der Waals surface area contributed by atoms with E-state index in [9.17, 15) is 0 Å². The van der Waals surface area contributed by atoms with Crippen molar-refractivity contribution in [3.05, 3.63) is 41.7 Å². The summed E-state index contributed by atoms with van der Waals surface area (Å²) in [5, 5.41) is 0. The molecule has 2 aromatic heterocycles. The molecule has 2 N–H and O–H groups in total. The molecule has 88 valence electrons. The lowest BCUT2D eigenvalue weighted by molar-refractivity contribution is 0.455. The van der Waals surface area contributed by atoms with Gasteiger partial charge in [0, 0.05) is 11.8 Å². The van der Waals surface area contributed by atoms with Crippen LogP contribution in [-0.4, -0.2) is 9.97 Å². The molecule has 0 fully saturated rings. The fourth-order valence-electron chi connectivity index (χ4n) is 1.54. The van der Waals surface area contributed by atoms with Crippen molar-refractivity contribution in [3.8, 4) is 11.6 Å². The van der Waals surface area contributed by atoms with Gasteiger partial charge in [-0.1, -0.05) is 13.0 Å². The summed E-state index contributed by atoms with van der Waals surface area (Å²) in [7, 11) is 0. The quantitative estimate of drug-likeness (QED) is 0.879. The number of nitrogens with two attached hydrogens (primary N) is 1. The predicted octanol–water partition coefficient (Wildman–Crippen LogP) is 2.72. The molecule has 4 heteroatoms. The Morgan fingerprint density at radius 3 is 2.71 bits per heavy atom. The zero-order valence-corrected chi connectivity index (χ0v) is 9.97. The molecule has 0 spiro atoms. The lowest BCUT2D eigenvalue weighted by Crippen LogP contribution is -1.98. The molecule has 0 saturated heterocycles. The van der Waals surface area contributed by atoms with Crippen LogP contribution in [0, 0.1) is 6.92 Å². The van der Waals surface area contributed by atoms with E-state index in [-0.39, 0.29) is 0 Å². The molecule has 0 bridgehead atoms. The number of nitrogens with zero attached hydrogens (tertiary/aromatic N) is 2. The van der Waals surface area contributed by atoms with Crippen molar-refractivity contribution in [2.45, 2.75) is 20.3 Å². The first kappa shape index (κ1) is 11.4. The highest BCUT2D eigenvalue weighted by Crippen LogP contribution is 2.23. The average Bonchev–Trinajstić information content (AvgIpc) is 2.31. The second-order valence-electron chi connectivity index (χ2n) is 3.75. The standard InChI is InChI=1S/C13H15N3O/c1-3-10-11(8-7-9(2)15-10)17-13-6-4-5-12(14)16-13/h4-8H,3H2,1-2H3,(H2,14,16). The Labute approximate surface area is 100 Å². The maximum Gasteiger partial charge on any atom is 0.221 e. The third-order valence-corrected chi connectivity index (χ3v) is 2.37. The summed E-state index contributed by atoms with van der Waals surface area (Å²) in [4.78, 5) is 8.52. The number of aromatic nitrogens is 2. The summed E-state index contributed by atoms with van der Waals surface area (Å²) < 4.78 is 5.68. The minimum absolute atomic E-state index is 0.445. The molecule has 0 radical (unpaired) electrons. The van der Waals surface area contributed by atoms with Crippen molar-refractivity contribution < 1.29 is 4.74 Å². The normalized spacial score (nSPS) is 10.2. The zero-order valence-electron chi connectivity index (χ0n) is 9.97. The fourth-order valence-corrected chi connectivity index (χ4v) is 1.54. The summed E-state index contributed by atoms with van der Waals surface area (Å²) in [6, 6.07) is 9.13. The van der Waals surface area contributed by atoms with Gasteiger partial charge in [0.15, 0.2) is 5.75 Å². The molecular weight excluding hydrogens is 214 g/mol. The molecule has 0 saturated carbocycles. The van der Waals surface area contributed by atoms with Crippen LogP contribution >= 0.6 is 0 Å². The third kappa shape index (κ3) is 2.72. The first-order valence-corrected chi connectivity index (χ1v) is 5.56. The van der Waals surface area contributed by atoms with E-state index in [1.165, 1.54) is 0 Å². The van der Waals surface area contributed by atoms with Crippen LogP contribution in [0.25, 0.3) is 0 Å². The van der Waals surface area contributed by atoms with E-state index >= 15 is 0 Å². The Bertz CT molecular complexity index is 526. The van der Waals surface area contributed by atoms with Crippen LogP contribution in [0.2, 0.25) is 0 Å². The molecule has 2 aromatic rings. The molecule has 0 aliphatic carbocycles. The Kier molecular flexibility index (Phi) is 3.23. The maximum absolute atomic E-state index is 5.68. The van der Waals surface area contributed by atoms with E-state index in [4.69, 9.17) is 10.5 Å². The summed E-state index contributed by atoms with van der Waals surface area (Å²) in [5.41, 5.74) is 7.51. The van der Waals surface area contributed by atoms with Gasteiger partial charge in [-0.15, -0.1) is 0 Å². The summed E-state index contributed by atoms with van der Waals surface area (Å²) in [6.07, 6.45) is 0.819. The van der Waals surface area contributed by atoms with Gasteiger partial charge in [0.05, 0.1) is 5.69 Å². The van der Waals surface area contributed by atoms with Gasteiger partial charge < -0.3 is 10.5 Å². The van der Waals surface area contributed by atoms with Crippen molar-refractivity contribution in [2.24, 2.45) is 0 Å². The third-order valence-electron chi connectivity index (χ3n) is 2.37. The molecule has 0 amide bonds. The molecular formula is C13H15N3O. The Morgan fingerprint density at radius 2 is 2.00 bits per heavy atom. The predicted molar refractivity (Wildman–Crippen MR) is 67.1 cm³/mol. The number of rotatable bonds is 3. The summed E-state index contributed by atoms with van der Waals surface area (Å²) >= 11 is 0. The van der Waals surface area contributed by atoms with Crippen molar-refractivity contribution >= 4 is 5.82 Å². The lowest BCUT2D eigenvalue weighted by Gasteiger charge is -2.09. The number of ether oxygens (including phenoxy) is 1. The number of hydrogen-bond donors (Lipinski definition) is 1. The highest BCUT2D eigenvalue weighted by molar-refractivity contribution is 5.36. The smallest absolute Gasteiger partial charge is 0.221 e. The summed E-state index contributed by atoms with van der Waals surface area (Å²) in [5.74, 6) is 1.67. The van der Waals surface area contributed by atoms with E-state index in [0.717, 1.165) is 23.6 Å². The Morgan fingerprint density at radius 1 is 1.18 bits per heavy atom. The van der Waals surface area contributed by atoms with E-state index in [2.05, 4.69) is 9.97 Å². The molecule has 0 atom stereocenters. The van der Waals surface area contributed by atoms with Gasteiger partial charge in [0.2, 0.25) is 5.88 Å². The molecule has 0 aliphatic rings. The van der Waals surface area contributed by atoms with Gasteiger partial charge in [0.25, 0.3) is 0 Å². The highest BCUT2D eigenvalue weighted by Gasteiger charge is 2.06. The Hall–Kier alpha value is -2.10. The monoisotopic (exact) mass is 229 g/mol. The fraction of sp³-hybridized carbons (Fsp3) is 0.231. The lowest BCUT2D eigenvalue weighted by atomic mass is 10.2. The molecule has 0 unspecified atom stereocenters. The van der Waals surface area contributed by atoms with Gasteiger partial charge in [-0.25, -0.2) is 0 Å². The Balaban J connectivity index is 2.29. The highest BCUT2D eigenvalue weighted by atomic mass is 16.5. The van der Waals surface area contributed by atoms with Crippen LogP contribution < -0.4 is 10.5 Å². The number of nitrogen functional groups attached to an aromatic ring is 1. The first-order chi connectivity index (χ1) is 8.19. The molecule has 4 nitrogen and oxygen atoms in total. The van der Waals surface area contributed by atoms with E-state index in [1.807, 2.05) is 32.0 Å². The van der Waals surface area contributed by atoms with E-state index in [1.54, 1.807) is 12.1 Å². The van der Waals surface area contributed by atoms with Gasteiger partial charge in [-0.3, -0.25) is 4.98 Å². The molecule has 17 heavy (non-hydrogen) atoms. The van der Waals surface area contributed by atoms with E-state index < -0.39 is 0 Å². The van der Waals surface area contributed by atoms with Crippen LogP contribution in [-0.2, 0) is 6.42 Å². The second kappa shape index (κ2) is 4.82. The van der Waals surface area contributed by atoms with Gasteiger partial charge >= 0.3 is 0 Å². The number of aryl methyl sites for hydroxylation is 2. The zero-order chi connectivity index (χ0) is 12.3. The molecule has 2 rings (SSSR count). The largest absolute Gasteiger partial charge is 0.437 e. The van der Waals surface area contributed by atoms with Crippen molar-refractivity contribution in [3.63, 3.8) is 0 Å². The van der Waals surface area contributed by atoms with Crippen LogP contribution in [0.3, 0.4) is 0 Å².